The molecule has 0 saturated carbocycles. The molecule has 1 heterocycles. The predicted octanol–water partition coefficient (Wildman–Crippen LogP) is 4.67. The highest BCUT2D eigenvalue weighted by Crippen LogP contribution is 2.40. The molecule has 0 saturated heterocycles. The number of benzene rings is 1. The third kappa shape index (κ3) is 2.97. The minimum atomic E-state index is -2.38. The van der Waals surface area contributed by atoms with E-state index in [1.165, 1.54) is 0 Å². The highest BCUT2D eigenvalue weighted by Gasteiger charge is 2.38. The van der Waals surface area contributed by atoms with Crippen LogP contribution in [0.15, 0.2) is 31.6 Å². The lowest BCUT2D eigenvalue weighted by atomic mass is 10.2. The Morgan fingerprint density at radius 1 is 1.35 bits per heavy atom. The molecule has 0 radical (unpaired) electrons. The molecule has 2 rings (SSSR count). The van der Waals surface area contributed by atoms with Crippen molar-refractivity contribution in [3.8, 4) is 5.75 Å². The van der Waals surface area contributed by atoms with Crippen molar-refractivity contribution in [2.45, 2.75) is 43.8 Å². The number of nitrogens with zero attached hydrogens (tertiary/aromatic N) is 1. The molecule has 1 unspecified atom stereocenters. The number of hydrogen-bond acceptors (Lipinski definition) is 3. The molecular formula is C14H22BrNO2SSi. The summed E-state index contributed by atoms with van der Waals surface area (Å²) in [5.74, 6) is 1.20. The second-order valence-electron chi connectivity index (χ2n) is 6.68. The van der Waals surface area contributed by atoms with Crippen LogP contribution < -0.4 is 4.74 Å². The average molecular weight is 376 g/mol. The van der Waals surface area contributed by atoms with Crippen LogP contribution in [0.2, 0.25) is 18.1 Å². The number of rotatable bonds is 1. The molecule has 0 fully saturated rings. The van der Waals surface area contributed by atoms with E-state index in [9.17, 15) is 4.21 Å². The average Bonchev–Trinajstić information content (AvgIpc) is 2.28. The van der Waals surface area contributed by atoms with E-state index in [0.29, 0.717) is 18.1 Å². The number of fused-ring (bicyclic) bond motifs is 1. The Morgan fingerprint density at radius 3 is 2.60 bits per heavy atom. The Hall–Kier alpha value is -0.333. The fourth-order valence-corrected chi connectivity index (χ4v) is 8.42. The SMILES string of the molecule is CC(C)(C)[Si](C)(C)N=S1(=O)CCOc2ccc(Br)cc21. The summed E-state index contributed by atoms with van der Waals surface area (Å²) in [6.07, 6.45) is 0. The van der Waals surface area contributed by atoms with Crippen molar-refractivity contribution in [1.29, 1.82) is 0 Å². The van der Waals surface area contributed by atoms with E-state index in [1.54, 1.807) is 0 Å². The monoisotopic (exact) mass is 375 g/mol. The number of ether oxygens (including phenoxy) is 1. The van der Waals surface area contributed by atoms with Gasteiger partial charge >= 0.3 is 0 Å². The molecule has 1 aliphatic heterocycles. The zero-order chi connectivity index (χ0) is 15.2. The standard InChI is InChI=1S/C14H22BrNO2SSi/c1-14(2,3)20(4,5)16-19(17)9-8-18-12-7-6-11(15)10-13(12)19/h6-7,10H,8-9H2,1-5H3. The maximum Gasteiger partial charge on any atom is 0.193 e. The number of hydrogen-bond donors (Lipinski definition) is 0. The Labute approximate surface area is 131 Å². The van der Waals surface area contributed by atoms with Crippen LogP contribution in [-0.4, -0.2) is 24.8 Å². The summed E-state index contributed by atoms with van der Waals surface area (Å²) in [5, 5.41) is 0.0852. The van der Waals surface area contributed by atoms with E-state index >= 15 is 0 Å². The van der Waals surface area contributed by atoms with E-state index in [0.717, 1.165) is 9.37 Å². The summed E-state index contributed by atoms with van der Waals surface area (Å²) in [6, 6.07) is 5.68. The second kappa shape index (κ2) is 5.14. The third-order valence-corrected chi connectivity index (χ3v) is 13.0. The molecule has 0 N–H and O–H groups in total. The fraction of sp³-hybridized carbons (Fsp3) is 0.571. The van der Waals surface area contributed by atoms with Crippen LogP contribution in [0.4, 0.5) is 0 Å². The van der Waals surface area contributed by atoms with Crippen molar-refractivity contribution >= 4 is 33.9 Å². The lowest BCUT2D eigenvalue weighted by Crippen LogP contribution is -2.37. The van der Waals surface area contributed by atoms with Crippen molar-refractivity contribution in [3.05, 3.63) is 22.7 Å². The van der Waals surface area contributed by atoms with Gasteiger partial charge in [0.1, 0.15) is 12.4 Å². The second-order valence-corrected chi connectivity index (χ2v) is 15.1. The zero-order valence-electron chi connectivity index (χ0n) is 12.7. The minimum absolute atomic E-state index is 0.0852. The van der Waals surface area contributed by atoms with Crippen LogP contribution >= 0.6 is 15.9 Å². The largest absolute Gasteiger partial charge is 0.491 e. The molecule has 1 atom stereocenters. The topological polar surface area (TPSA) is 38.7 Å². The summed E-state index contributed by atoms with van der Waals surface area (Å²) in [5.41, 5.74) is 0. The Kier molecular flexibility index (Phi) is 4.12. The Morgan fingerprint density at radius 2 is 2.00 bits per heavy atom. The molecule has 1 aromatic carbocycles. The van der Waals surface area contributed by atoms with Crippen LogP contribution in [-0.2, 0) is 9.73 Å². The molecule has 0 amide bonds. The van der Waals surface area contributed by atoms with Gasteiger partial charge in [0, 0.05) is 4.47 Å². The van der Waals surface area contributed by atoms with Crippen molar-refractivity contribution in [2.75, 3.05) is 12.4 Å². The van der Waals surface area contributed by atoms with Crippen LogP contribution in [0.3, 0.4) is 0 Å². The van der Waals surface area contributed by atoms with Gasteiger partial charge in [0.2, 0.25) is 0 Å². The predicted molar refractivity (Wildman–Crippen MR) is 90.5 cm³/mol. The van der Waals surface area contributed by atoms with E-state index in [-0.39, 0.29) is 5.04 Å². The Balaban J connectivity index is 2.64. The molecule has 0 bridgehead atoms. The summed E-state index contributed by atoms with van der Waals surface area (Å²) in [6.45, 7) is 11.4. The lowest BCUT2D eigenvalue weighted by molar-refractivity contribution is 0.326. The maximum absolute atomic E-state index is 13.4. The summed E-state index contributed by atoms with van der Waals surface area (Å²) in [4.78, 5) is 0.753. The van der Waals surface area contributed by atoms with E-state index in [2.05, 4.69) is 49.8 Å². The van der Waals surface area contributed by atoms with Crippen molar-refractivity contribution in [3.63, 3.8) is 0 Å². The zero-order valence-corrected chi connectivity index (χ0v) is 16.1. The third-order valence-electron chi connectivity index (χ3n) is 4.08. The molecule has 3 nitrogen and oxygen atoms in total. The minimum Gasteiger partial charge on any atom is -0.491 e. The first-order valence-electron chi connectivity index (χ1n) is 6.74. The smallest absolute Gasteiger partial charge is 0.193 e. The van der Waals surface area contributed by atoms with Crippen molar-refractivity contribution in [2.24, 2.45) is 4.03 Å². The fourth-order valence-electron chi connectivity index (χ4n) is 1.83. The molecule has 0 aromatic heterocycles. The van der Waals surface area contributed by atoms with Crippen molar-refractivity contribution in [1.82, 2.24) is 0 Å². The van der Waals surface area contributed by atoms with Gasteiger partial charge in [-0.15, -0.1) is 0 Å². The first-order valence-corrected chi connectivity index (χ1v) is 12.2. The molecule has 6 heteroatoms. The van der Waals surface area contributed by atoms with Gasteiger partial charge in [0.15, 0.2) is 8.24 Å². The van der Waals surface area contributed by atoms with Gasteiger partial charge in [-0.05, 0) is 36.3 Å². The van der Waals surface area contributed by atoms with E-state index in [1.807, 2.05) is 18.2 Å². The van der Waals surface area contributed by atoms with Gasteiger partial charge in [0.05, 0.1) is 20.4 Å². The van der Waals surface area contributed by atoms with Crippen LogP contribution in [0, 0.1) is 0 Å². The molecule has 112 valence electrons. The molecular weight excluding hydrogens is 354 g/mol. The summed E-state index contributed by atoms with van der Waals surface area (Å²) < 4.78 is 24.9. The highest BCUT2D eigenvalue weighted by atomic mass is 79.9. The van der Waals surface area contributed by atoms with E-state index < -0.39 is 18.0 Å². The number of halogens is 1. The summed E-state index contributed by atoms with van der Waals surface area (Å²) in [7, 11) is -4.35. The first-order chi connectivity index (χ1) is 9.05. The lowest BCUT2D eigenvalue weighted by Gasteiger charge is -2.34. The molecule has 1 aromatic rings. The van der Waals surface area contributed by atoms with Gasteiger partial charge < -0.3 is 4.74 Å². The molecule has 20 heavy (non-hydrogen) atoms. The molecule has 0 spiro atoms. The Bertz CT molecular complexity index is 643. The van der Waals surface area contributed by atoms with Gasteiger partial charge in [-0.3, -0.25) is 4.03 Å². The maximum atomic E-state index is 13.4. The van der Waals surface area contributed by atoms with Crippen LogP contribution in [0.1, 0.15) is 20.8 Å². The molecule has 0 aliphatic carbocycles. The highest BCUT2D eigenvalue weighted by molar-refractivity contribution is 9.10. The van der Waals surface area contributed by atoms with Gasteiger partial charge in [-0.1, -0.05) is 36.7 Å². The van der Waals surface area contributed by atoms with Gasteiger partial charge in [-0.25, -0.2) is 4.21 Å². The normalized spacial score (nSPS) is 22.9. The first kappa shape index (κ1) is 16.0. The van der Waals surface area contributed by atoms with Crippen LogP contribution in [0.25, 0.3) is 0 Å². The molecule has 1 aliphatic rings. The quantitative estimate of drug-likeness (QED) is 0.668. The van der Waals surface area contributed by atoms with Crippen molar-refractivity contribution < 1.29 is 8.95 Å². The van der Waals surface area contributed by atoms with Crippen LogP contribution in [0.5, 0.6) is 5.75 Å². The summed E-state index contributed by atoms with van der Waals surface area (Å²) >= 11 is 3.45. The van der Waals surface area contributed by atoms with Gasteiger partial charge in [0.25, 0.3) is 0 Å². The van der Waals surface area contributed by atoms with Gasteiger partial charge in [-0.2, -0.15) is 0 Å². The van der Waals surface area contributed by atoms with E-state index in [4.69, 9.17) is 8.77 Å².